The molecule has 0 aromatic heterocycles. The van der Waals surface area contributed by atoms with Crippen molar-refractivity contribution in [1.29, 1.82) is 0 Å². The maximum atomic E-state index is 6.00. The highest BCUT2D eigenvalue weighted by Gasteiger charge is 2.04. The minimum Gasteiger partial charge on any atom is -0.0843 e. The van der Waals surface area contributed by atoms with E-state index in [0.29, 0.717) is 5.02 Å². The summed E-state index contributed by atoms with van der Waals surface area (Å²) in [6.07, 6.45) is 0. The van der Waals surface area contributed by atoms with Crippen molar-refractivity contribution in [3.63, 3.8) is 0 Å². The second kappa shape index (κ2) is 2.96. The summed E-state index contributed by atoms with van der Waals surface area (Å²) in [6, 6.07) is 11.5. The van der Waals surface area contributed by atoms with Crippen molar-refractivity contribution < 1.29 is 0 Å². The molecule has 0 saturated heterocycles. The molecule has 0 aromatic carbocycles. The number of hydrogen-bond acceptors (Lipinski definition) is 0. The van der Waals surface area contributed by atoms with E-state index in [1.54, 1.807) is 6.07 Å². The second-order valence-corrected chi connectivity index (χ2v) is 3.45. The highest BCUT2D eigenvalue weighted by Crippen LogP contribution is 2.31. The molecule has 0 N–H and O–H groups in total. The van der Waals surface area contributed by atoms with Crippen molar-refractivity contribution in [3.05, 3.63) is 46.4 Å². The van der Waals surface area contributed by atoms with Gasteiger partial charge in [0.1, 0.15) is 0 Å². The van der Waals surface area contributed by atoms with Crippen molar-refractivity contribution in [2.75, 3.05) is 0 Å². The van der Waals surface area contributed by atoms with E-state index in [1.165, 1.54) is 0 Å². The Morgan fingerprint density at radius 1 is 0.917 bits per heavy atom. The molecule has 0 atom stereocenters. The lowest BCUT2D eigenvalue weighted by Gasteiger charge is -1.92. The van der Waals surface area contributed by atoms with Crippen LogP contribution in [0.2, 0.25) is 10.0 Å². The van der Waals surface area contributed by atoms with Gasteiger partial charge in [0.15, 0.2) is 0 Å². The molecule has 2 aliphatic carbocycles. The van der Waals surface area contributed by atoms with E-state index in [9.17, 15) is 0 Å². The highest BCUT2D eigenvalue weighted by atomic mass is 35.5. The maximum Gasteiger partial charge on any atom is 0.0484 e. The molecule has 0 aromatic rings. The fourth-order valence-electron chi connectivity index (χ4n) is 1.22. The van der Waals surface area contributed by atoms with E-state index in [2.05, 4.69) is 0 Å². The Labute approximate surface area is 81.1 Å². The van der Waals surface area contributed by atoms with E-state index >= 15 is 0 Å². The van der Waals surface area contributed by atoms with Crippen LogP contribution in [0.25, 0.3) is 11.1 Å². The SMILES string of the molecule is Clc1ccc(Cl)c2cccc-2c1. The summed E-state index contributed by atoms with van der Waals surface area (Å²) in [4.78, 5) is 0. The lowest BCUT2D eigenvalue weighted by molar-refractivity contribution is 1.83. The van der Waals surface area contributed by atoms with Crippen molar-refractivity contribution in [2.24, 2.45) is 0 Å². The van der Waals surface area contributed by atoms with Crippen LogP contribution in [0.3, 0.4) is 0 Å². The number of rotatable bonds is 0. The summed E-state index contributed by atoms with van der Waals surface area (Å²) in [7, 11) is 0. The maximum absolute atomic E-state index is 6.00. The van der Waals surface area contributed by atoms with Crippen molar-refractivity contribution >= 4 is 23.2 Å². The van der Waals surface area contributed by atoms with Gasteiger partial charge in [-0.25, -0.2) is 0 Å². The van der Waals surface area contributed by atoms with E-state index in [-0.39, 0.29) is 0 Å². The molecule has 0 saturated carbocycles. The third kappa shape index (κ3) is 1.28. The summed E-state index contributed by atoms with van der Waals surface area (Å²) in [5.41, 5.74) is 2.12. The van der Waals surface area contributed by atoms with E-state index < -0.39 is 0 Å². The first-order valence-electron chi connectivity index (χ1n) is 3.61. The van der Waals surface area contributed by atoms with Gasteiger partial charge in [-0.15, -0.1) is 0 Å². The average Bonchev–Trinajstić information content (AvgIpc) is 2.44. The molecule has 0 fully saturated rings. The van der Waals surface area contributed by atoms with Crippen LogP contribution in [0.5, 0.6) is 0 Å². The minimum atomic E-state index is 0.707. The molecule has 0 unspecified atom stereocenters. The van der Waals surface area contributed by atoms with Gasteiger partial charge in [0.25, 0.3) is 0 Å². The minimum absolute atomic E-state index is 0.707. The van der Waals surface area contributed by atoms with Crippen molar-refractivity contribution in [3.8, 4) is 11.1 Å². The zero-order chi connectivity index (χ0) is 8.55. The van der Waals surface area contributed by atoms with Crippen LogP contribution in [0.1, 0.15) is 0 Å². The van der Waals surface area contributed by atoms with Gasteiger partial charge in [0, 0.05) is 15.6 Å². The summed E-state index contributed by atoms with van der Waals surface area (Å²) in [6.45, 7) is 0. The molecule has 0 amide bonds. The van der Waals surface area contributed by atoms with Gasteiger partial charge in [0.2, 0.25) is 0 Å². The Morgan fingerprint density at radius 2 is 1.75 bits per heavy atom. The van der Waals surface area contributed by atoms with Gasteiger partial charge >= 0.3 is 0 Å². The van der Waals surface area contributed by atoms with Crippen LogP contribution in [0, 0.1) is 0 Å². The molecule has 2 heteroatoms. The van der Waals surface area contributed by atoms with Crippen molar-refractivity contribution in [2.45, 2.75) is 0 Å². The molecule has 0 heterocycles. The topological polar surface area (TPSA) is 0 Å². The predicted molar refractivity (Wildman–Crippen MR) is 53.1 cm³/mol. The molecule has 2 aliphatic rings. The Hall–Kier alpha value is -0.720. The Bertz CT molecular complexity index is 382. The molecule has 12 heavy (non-hydrogen) atoms. The second-order valence-electron chi connectivity index (χ2n) is 2.61. The van der Waals surface area contributed by atoms with E-state index in [1.807, 2.05) is 30.3 Å². The molecule has 0 bridgehead atoms. The zero-order valence-corrected chi connectivity index (χ0v) is 7.73. The molecule has 0 nitrogen and oxygen atoms in total. The summed E-state index contributed by atoms with van der Waals surface area (Å²) < 4.78 is 0. The van der Waals surface area contributed by atoms with Crippen LogP contribution in [-0.4, -0.2) is 0 Å². The Kier molecular flexibility index (Phi) is 1.95. The van der Waals surface area contributed by atoms with Gasteiger partial charge in [-0.2, -0.15) is 0 Å². The number of fused-ring (bicyclic) bond motifs is 1. The number of hydrogen-bond donors (Lipinski definition) is 0. The third-order valence-electron chi connectivity index (χ3n) is 1.79. The van der Waals surface area contributed by atoms with Gasteiger partial charge in [0.05, 0.1) is 0 Å². The van der Waals surface area contributed by atoms with E-state index in [4.69, 9.17) is 23.2 Å². The molecule has 60 valence electrons. The normalized spacial score (nSPS) is 10.5. The van der Waals surface area contributed by atoms with Crippen LogP contribution in [0.15, 0.2) is 36.4 Å². The monoisotopic (exact) mass is 196 g/mol. The van der Waals surface area contributed by atoms with Gasteiger partial charge in [-0.05, 0) is 23.8 Å². The van der Waals surface area contributed by atoms with E-state index in [0.717, 1.165) is 16.1 Å². The molecule has 0 aliphatic heterocycles. The lowest BCUT2D eigenvalue weighted by atomic mass is 10.2. The van der Waals surface area contributed by atoms with Gasteiger partial charge in [-0.3, -0.25) is 0 Å². The summed E-state index contributed by atoms with van der Waals surface area (Å²) in [5.74, 6) is 0. The van der Waals surface area contributed by atoms with Gasteiger partial charge < -0.3 is 0 Å². The van der Waals surface area contributed by atoms with Crippen LogP contribution in [0.4, 0.5) is 0 Å². The standard InChI is InChI=1S/C10H6Cl2/c11-8-4-5-10(12)9-3-1-2-7(9)6-8/h1-6H. The third-order valence-corrected chi connectivity index (χ3v) is 2.35. The molecule has 0 spiro atoms. The van der Waals surface area contributed by atoms with Crippen LogP contribution in [-0.2, 0) is 0 Å². The smallest absolute Gasteiger partial charge is 0.0484 e. The molecule has 0 radical (unpaired) electrons. The fraction of sp³-hybridized carbons (Fsp3) is 0. The summed E-state index contributed by atoms with van der Waals surface area (Å²) >= 11 is 11.9. The first-order valence-corrected chi connectivity index (χ1v) is 4.37. The Morgan fingerprint density at radius 3 is 2.58 bits per heavy atom. The van der Waals surface area contributed by atoms with Crippen molar-refractivity contribution in [1.82, 2.24) is 0 Å². The first-order chi connectivity index (χ1) is 5.77. The molecular formula is C10H6Cl2. The molecular weight excluding hydrogens is 191 g/mol. The lowest BCUT2D eigenvalue weighted by Crippen LogP contribution is -1.65. The fourth-order valence-corrected chi connectivity index (χ4v) is 1.63. The zero-order valence-electron chi connectivity index (χ0n) is 6.22. The summed E-state index contributed by atoms with van der Waals surface area (Å²) in [5, 5.41) is 1.44. The largest absolute Gasteiger partial charge is 0.0843 e. The quantitative estimate of drug-likeness (QED) is 0.596. The predicted octanol–water partition coefficient (Wildman–Crippen LogP) is 4.10. The Balaban J connectivity index is 2.78. The number of halogens is 2. The molecule has 2 rings (SSSR count). The highest BCUT2D eigenvalue weighted by molar-refractivity contribution is 6.34. The van der Waals surface area contributed by atoms with Gasteiger partial charge in [-0.1, -0.05) is 41.4 Å². The van der Waals surface area contributed by atoms with Crippen LogP contribution < -0.4 is 0 Å². The van der Waals surface area contributed by atoms with Crippen LogP contribution >= 0.6 is 23.2 Å². The first kappa shape index (κ1) is 7.90. The average molecular weight is 197 g/mol.